The van der Waals surface area contributed by atoms with Gasteiger partial charge in [0.1, 0.15) is 39.0 Å². The number of aliphatic imine (C=N–C) groups is 1. The molecule has 11 aromatic rings. The number of para-hydroxylation sites is 3. The number of nitrogens with zero attached hydrogens (tertiary/aromatic N) is 21. The second-order valence-corrected chi connectivity index (χ2v) is 28.6. The van der Waals surface area contributed by atoms with Gasteiger partial charge in [0, 0.05) is 170 Å². The highest BCUT2D eigenvalue weighted by atomic mass is 35.5. The summed E-state index contributed by atoms with van der Waals surface area (Å²) in [6.45, 7) is 49.8. The number of Topliss-reactive ketones (excluding diaryl/α,β-unsaturated/α-hetero) is 1. The number of likely N-dealkylation sites (tertiary alicyclic amines) is 1. The largest absolute Gasteiger partial charge is 0.439 e. The van der Waals surface area contributed by atoms with Crippen molar-refractivity contribution in [3.05, 3.63) is 240 Å². The topological polar surface area (TPSA) is 503 Å². The molecule has 712 valence electrons. The van der Waals surface area contributed by atoms with E-state index in [1.54, 1.807) is 37.4 Å². The van der Waals surface area contributed by atoms with Crippen LogP contribution in [0.3, 0.4) is 0 Å². The molecule has 1 saturated heterocycles. The number of pyridine rings is 6. The van der Waals surface area contributed by atoms with E-state index in [1.165, 1.54) is 67.6 Å². The third kappa shape index (κ3) is 48.3. The minimum atomic E-state index is -4.33. The Hall–Kier alpha value is -15.5. The Morgan fingerprint density at radius 3 is 1.59 bits per heavy atom. The van der Waals surface area contributed by atoms with Crippen molar-refractivity contribution in [2.24, 2.45) is 67.0 Å². The first-order valence-electron chi connectivity index (χ1n) is 38.3. The lowest BCUT2D eigenvalue weighted by atomic mass is 10.1. The molecule has 3 aromatic carbocycles. The number of carbonyl (C=O) groups is 6. The number of aromatic nitrogens is 8. The Kier molecular flexibility index (Phi) is 55.0. The van der Waals surface area contributed by atoms with Crippen molar-refractivity contribution in [3.63, 3.8) is 0 Å². The van der Waals surface area contributed by atoms with Gasteiger partial charge in [0.15, 0.2) is 16.5 Å². The standard InChI is InChI=1S/C11H9N3O.C9H9F3N2.C9H8N2O.C8H8ClF2N3.C8H8ClN3O.C7H6ClN3O.C7H9N3.C6H6ClN3.C6H11N3S.C5H7N3S.C5H8N2O.C4H6N2O2/c1-12-14-11(15)10-7-6-8-4-2-3-5-9(8)13-10;1-6-3-4-7(14-13-2)5-8(6)9(10,11)12;1-10-6-9-11-7-4-2-3-5-8(7)12-9;1-8(10,11)5-3-6(9)7(13-4-5)14-12-2;1-5-3-6(4-7(9)11-5)8(13)12-10-2;1-9-11-7(12)5-2-3-10-6(8)4-5;1-6-4-3-5-7(9-6)10-8-2;1-8-10-5-2-3-9-6(7)4-5;1-7-8-6(10)9-4-2-3-5-9;1-4-3-9-5(7-4)8-6-2;1-6-7-5(8)4-2-3-4;1-3(7)4(8)6-5-2/h2-7H,1H2,(H,14,15);3-5,14H,2H2,1H3;2-5H,1,6H2;3-4H,2H2,1H3,(H,13,14);3-4H,2H2,1H3,(H,12,13);2-4H,1H2,(H,11,12);3-5H,2H2,1H3,(H,9,10);2-4H,1H2,(H,9,10);1-5H2,(H,8,10);3H,2H2,1H3,(H,7,8);4H,1-3H2,(H,7,8);2H2,1H3,(H,6,8). The molecule has 1 aliphatic heterocycles. The number of anilines is 5. The minimum absolute atomic E-state index is 0.0139. The molecule has 1 saturated carbocycles. The number of amides is 5. The monoisotopic (exact) mass is 1970 g/mol. The molecule has 5 amide bonds. The van der Waals surface area contributed by atoms with E-state index < -0.39 is 29.4 Å². The number of hydrogen-bond acceptors (Lipinski definition) is 34. The fourth-order valence-electron chi connectivity index (χ4n) is 9.35. The molecule has 11 N–H and O–H groups in total. The normalized spacial score (nSPS) is 10.7. The minimum Gasteiger partial charge on any atom is -0.439 e. The van der Waals surface area contributed by atoms with Crippen LogP contribution in [0, 0.1) is 33.6 Å². The smallest absolute Gasteiger partial charge is 0.416 e. The maximum absolute atomic E-state index is 12.8. The number of thiazole rings is 1. The third-order valence-electron chi connectivity index (χ3n) is 15.4. The van der Waals surface area contributed by atoms with Crippen LogP contribution in [-0.2, 0) is 33.0 Å². The molecule has 0 atom stereocenters. The van der Waals surface area contributed by atoms with E-state index in [0.717, 1.165) is 108 Å². The average molecular weight is 1980 g/mol. The highest BCUT2D eigenvalue weighted by Crippen LogP contribution is 2.34. The summed E-state index contributed by atoms with van der Waals surface area (Å²) in [5.41, 5.74) is 32.7. The number of aryl methyl sites for hydroxylation is 4. The zero-order valence-electron chi connectivity index (χ0n) is 73.6. The molecule has 13 rings (SSSR count). The Bertz CT molecular complexity index is 5710. The summed E-state index contributed by atoms with van der Waals surface area (Å²) in [5.74, 6) is -3.50. The van der Waals surface area contributed by atoms with E-state index in [-0.39, 0.29) is 67.5 Å². The number of benzene rings is 3. The van der Waals surface area contributed by atoms with Gasteiger partial charge in [-0.05, 0) is 163 Å². The van der Waals surface area contributed by atoms with Crippen molar-refractivity contribution in [1.82, 2.24) is 77.3 Å². The molecular formula is C85H95Cl4F5N32O7S2. The van der Waals surface area contributed by atoms with Gasteiger partial charge in [-0.2, -0.15) is 69.3 Å². The van der Waals surface area contributed by atoms with Crippen LogP contribution in [0.2, 0.25) is 20.5 Å². The van der Waals surface area contributed by atoms with E-state index in [2.05, 4.69) is 241 Å². The van der Waals surface area contributed by atoms with Crippen LogP contribution in [0.5, 0.6) is 0 Å². The molecule has 50 heteroatoms. The molecule has 1 aliphatic carbocycles. The zero-order chi connectivity index (χ0) is 101. The van der Waals surface area contributed by atoms with Crippen LogP contribution >= 0.6 is 70.0 Å². The lowest BCUT2D eigenvalue weighted by molar-refractivity contribution is -0.138. The van der Waals surface area contributed by atoms with Gasteiger partial charge >= 0.3 is 12.1 Å². The van der Waals surface area contributed by atoms with Gasteiger partial charge in [0.2, 0.25) is 22.7 Å². The van der Waals surface area contributed by atoms with Crippen LogP contribution in [0.25, 0.3) is 22.0 Å². The summed E-state index contributed by atoms with van der Waals surface area (Å²) in [4.78, 5) is 102. The van der Waals surface area contributed by atoms with E-state index in [0.29, 0.717) is 45.2 Å². The predicted molar refractivity (Wildman–Crippen MR) is 534 cm³/mol. The van der Waals surface area contributed by atoms with Gasteiger partial charge in [-0.3, -0.25) is 66.3 Å². The molecule has 0 spiro atoms. The summed E-state index contributed by atoms with van der Waals surface area (Å²) in [6.07, 6.45) is 4.25. The van der Waals surface area contributed by atoms with Crippen molar-refractivity contribution < 1.29 is 55.1 Å². The van der Waals surface area contributed by atoms with Crippen LogP contribution < -0.4 is 59.7 Å². The van der Waals surface area contributed by atoms with Gasteiger partial charge in [-0.1, -0.05) is 94.9 Å². The quantitative estimate of drug-likeness (QED) is 0.00668. The van der Waals surface area contributed by atoms with E-state index in [9.17, 15) is 50.7 Å². The van der Waals surface area contributed by atoms with Crippen molar-refractivity contribution in [2.75, 3.05) is 40.2 Å². The van der Waals surface area contributed by atoms with E-state index in [4.69, 9.17) is 63.0 Å². The number of rotatable bonds is 24. The maximum Gasteiger partial charge on any atom is 0.416 e. The summed E-state index contributed by atoms with van der Waals surface area (Å²) >= 11 is 29.0. The van der Waals surface area contributed by atoms with E-state index >= 15 is 0 Å². The van der Waals surface area contributed by atoms with E-state index in [1.807, 2.05) is 97.4 Å². The van der Waals surface area contributed by atoms with Gasteiger partial charge in [-0.15, -0.1) is 11.3 Å². The predicted octanol–water partition coefficient (Wildman–Crippen LogP) is 16.7. The second-order valence-electron chi connectivity index (χ2n) is 25.8. The van der Waals surface area contributed by atoms with Crippen molar-refractivity contribution in [3.8, 4) is 0 Å². The first-order valence-corrected chi connectivity index (χ1v) is 41.1. The highest BCUT2D eigenvalue weighted by molar-refractivity contribution is 7.80. The van der Waals surface area contributed by atoms with Crippen LogP contribution in [0.1, 0.15) is 110 Å². The number of fused-ring (bicyclic) bond motifs is 2. The van der Waals surface area contributed by atoms with Crippen LogP contribution in [0.4, 0.5) is 50.1 Å². The molecule has 9 heterocycles. The number of alkyl halides is 5. The molecule has 8 aromatic heterocycles. The Labute approximate surface area is 802 Å². The van der Waals surface area contributed by atoms with Crippen molar-refractivity contribution >= 4 is 241 Å². The Morgan fingerprint density at radius 2 is 1.08 bits per heavy atom. The summed E-state index contributed by atoms with van der Waals surface area (Å²) in [5, 5.41) is 42.1. The molecule has 2 fully saturated rings. The lowest BCUT2D eigenvalue weighted by Crippen LogP contribution is -2.34. The van der Waals surface area contributed by atoms with Gasteiger partial charge < -0.3 is 9.32 Å². The van der Waals surface area contributed by atoms with Crippen LogP contribution in [-0.4, -0.2) is 179 Å². The van der Waals surface area contributed by atoms with Gasteiger partial charge in [-0.25, -0.2) is 75.8 Å². The van der Waals surface area contributed by atoms with Crippen LogP contribution in [0.15, 0.2) is 229 Å². The molecule has 135 heavy (non-hydrogen) atoms. The number of nitrogens with one attached hydrogen (secondary N) is 11. The van der Waals surface area contributed by atoms with Crippen molar-refractivity contribution in [2.45, 2.75) is 85.9 Å². The molecular weight excluding hydrogens is 1880 g/mol. The second kappa shape index (κ2) is 64.3. The highest BCUT2D eigenvalue weighted by Gasteiger charge is 2.33. The lowest BCUT2D eigenvalue weighted by Gasteiger charge is -2.16. The summed E-state index contributed by atoms with van der Waals surface area (Å²) in [6, 6.07) is 38.9. The Morgan fingerprint density at radius 1 is 0.519 bits per heavy atom. The number of ketones is 1. The average Bonchev–Trinajstić information content (AvgIpc) is 1.09. The number of hydrogen-bond donors (Lipinski definition) is 11. The van der Waals surface area contributed by atoms with Gasteiger partial charge in [0.25, 0.3) is 23.6 Å². The molecule has 39 nitrogen and oxygen atoms in total. The Balaban J connectivity index is 0.000000501. The zero-order valence-corrected chi connectivity index (χ0v) is 78.2. The number of halogens is 9. The number of hydrazone groups is 11. The first-order chi connectivity index (χ1) is 64.3. The molecule has 0 unspecified atom stereocenters. The first kappa shape index (κ1) is 116. The SMILES string of the molecule is C=NCc1nc2ccccc2o1.C=NNC(=O)C(C)=O.C=NNC(=O)C1CC1.C=NNC(=O)c1cc(C)nc(Cl)c1.C=NNC(=O)c1ccc2ccccc2n1.C=NNC(=O)c1ccnc(Cl)c1.C=NNC(=S)N1CCCC1.C=NNc1ccc(C)c(C(F)(F)F)c1.C=NNc1cccc(C)n1.C=NNc1ccnc(Cl)c1.C=NNc1nc(C)cs1.C=NNc1ncc(C(C)(F)F)cc1Cl. The summed E-state index contributed by atoms with van der Waals surface area (Å²) < 4.78 is 68.1. The summed E-state index contributed by atoms with van der Waals surface area (Å²) in [7, 11) is 0. The number of thiocarbonyl (C=S) groups is 1. The number of carbonyl (C=O) groups excluding carboxylic acids is 6. The molecule has 0 bridgehead atoms. The molecule has 2 aliphatic rings. The fraction of sp³-hybridized carbons (Fsp3) is 0.188. The third-order valence-corrected chi connectivity index (χ3v) is 17.5. The van der Waals surface area contributed by atoms with Gasteiger partial charge in [0.05, 0.1) is 33.2 Å². The van der Waals surface area contributed by atoms with Crippen molar-refractivity contribution in [1.29, 1.82) is 0 Å². The fourth-order valence-corrected chi connectivity index (χ4v) is 11.1. The molecule has 0 radical (unpaired) electrons. The number of oxazole rings is 1. The maximum atomic E-state index is 12.8.